The van der Waals surface area contributed by atoms with Crippen molar-refractivity contribution in [2.75, 3.05) is 6.54 Å². The summed E-state index contributed by atoms with van der Waals surface area (Å²) >= 11 is 5.77. The van der Waals surface area contributed by atoms with Crippen LogP contribution in [0.15, 0.2) is 47.1 Å². The first kappa shape index (κ1) is 17.1. The SMILES string of the molecule is C[C@@H](NC(=O)CCCNC(=O)c1ccc(Cl)cc1)c1ccco1. The lowest BCUT2D eigenvalue weighted by Gasteiger charge is -2.11. The Kier molecular flexibility index (Phi) is 6.23. The van der Waals surface area contributed by atoms with Crippen molar-refractivity contribution in [3.05, 3.63) is 59.0 Å². The molecule has 23 heavy (non-hydrogen) atoms. The standard InChI is InChI=1S/C17H19ClN2O3/c1-12(15-4-3-11-23-15)20-16(21)5-2-10-19-17(22)13-6-8-14(18)9-7-13/h3-4,6-9,11-12H,2,5,10H2,1H3,(H,19,22)(H,20,21)/t12-/m1/s1. The van der Waals surface area contributed by atoms with E-state index in [0.29, 0.717) is 30.0 Å². The highest BCUT2D eigenvalue weighted by Gasteiger charge is 2.11. The first-order chi connectivity index (χ1) is 11.1. The van der Waals surface area contributed by atoms with Gasteiger partial charge in [-0.2, -0.15) is 0 Å². The zero-order valence-corrected chi connectivity index (χ0v) is 13.6. The topological polar surface area (TPSA) is 71.3 Å². The summed E-state index contributed by atoms with van der Waals surface area (Å²) in [5.41, 5.74) is 0.547. The van der Waals surface area contributed by atoms with Crippen molar-refractivity contribution >= 4 is 23.4 Å². The molecule has 2 aromatic rings. The number of nitrogens with one attached hydrogen (secondary N) is 2. The molecule has 0 unspecified atom stereocenters. The van der Waals surface area contributed by atoms with E-state index >= 15 is 0 Å². The van der Waals surface area contributed by atoms with Gasteiger partial charge in [0.25, 0.3) is 5.91 Å². The van der Waals surface area contributed by atoms with Gasteiger partial charge in [-0.1, -0.05) is 11.6 Å². The van der Waals surface area contributed by atoms with Gasteiger partial charge in [-0.25, -0.2) is 0 Å². The van der Waals surface area contributed by atoms with Crippen LogP contribution in [0, 0.1) is 0 Å². The van der Waals surface area contributed by atoms with Crippen LogP contribution in [0.4, 0.5) is 0 Å². The smallest absolute Gasteiger partial charge is 0.251 e. The van der Waals surface area contributed by atoms with E-state index in [-0.39, 0.29) is 17.9 Å². The summed E-state index contributed by atoms with van der Waals surface area (Å²) in [6, 6.07) is 10.1. The summed E-state index contributed by atoms with van der Waals surface area (Å²) in [6.07, 6.45) is 2.48. The second-order valence-electron chi connectivity index (χ2n) is 5.17. The molecule has 6 heteroatoms. The van der Waals surface area contributed by atoms with E-state index < -0.39 is 0 Å². The average molecular weight is 335 g/mol. The highest BCUT2D eigenvalue weighted by atomic mass is 35.5. The number of benzene rings is 1. The summed E-state index contributed by atoms with van der Waals surface area (Å²) < 4.78 is 5.23. The molecule has 1 heterocycles. The van der Waals surface area contributed by atoms with Gasteiger partial charge in [0.1, 0.15) is 5.76 Å². The summed E-state index contributed by atoms with van der Waals surface area (Å²) in [6.45, 7) is 2.29. The monoisotopic (exact) mass is 334 g/mol. The number of furan rings is 1. The minimum absolute atomic E-state index is 0.0744. The third-order valence-electron chi connectivity index (χ3n) is 3.32. The molecule has 122 valence electrons. The quantitative estimate of drug-likeness (QED) is 0.763. The van der Waals surface area contributed by atoms with Crippen LogP contribution in [0.1, 0.15) is 41.9 Å². The molecule has 0 saturated heterocycles. The van der Waals surface area contributed by atoms with Crippen molar-refractivity contribution in [2.45, 2.75) is 25.8 Å². The molecule has 0 aliphatic heterocycles. The second-order valence-corrected chi connectivity index (χ2v) is 5.61. The molecule has 0 aliphatic carbocycles. The normalized spacial score (nSPS) is 11.7. The predicted molar refractivity (Wildman–Crippen MR) is 88.3 cm³/mol. The van der Waals surface area contributed by atoms with Gasteiger partial charge in [-0.05, 0) is 49.7 Å². The average Bonchev–Trinajstić information content (AvgIpc) is 3.06. The molecular formula is C17H19ClN2O3. The van der Waals surface area contributed by atoms with Crippen molar-refractivity contribution in [2.24, 2.45) is 0 Å². The fourth-order valence-corrected chi connectivity index (χ4v) is 2.20. The van der Waals surface area contributed by atoms with E-state index in [1.807, 2.05) is 13.0 Å². The van der Waals surface area contributed by atoms with E-state index in [1.165, 1.54) is 0 Å². The summed E-state index contributed by atoms with van der Waals surface area (Å²) in [7, 11) is 0. The molecule has 2 rings (SSSR count). The zero-order chi connectivity index (χ0) is 16.7. The fourth-order valence-electron chi connectivity index (χ4n) is 2.08. The van der Waals surface area contributed by atoms with Crippen LogP contribution < -0.4 is 10.6 Å². The first-order valence-electron chi connectivity index (χ1n) is 7.43. The number of hydrogen-bond acceptors (Lipinski definition) is 3. The Bertz CT molecular complexity index is 638. The molecule has 2 N–H and O–H groups in total. The molecule has 1 aromatic heterocycles. The molecule has 0 bridgehead atoms. The third-order valence-corrected chi connectivity index (χ3v) is 3.57. The maximum Gasteiger partial charge on any atom is 0.251 e. The van der Waals surface area contributed by atoms with Crippen LogP contribution >= 0.6 is 11.6 Å². The maximum atomic E-state index is 11.9. The van der Waals surface area contributed by atoms with Crippen molar-refractivity contribution in [1.29, 1.82) is 0 Å². The molecule has 0 fully saturated rings. The molecular weight excluding hydrogens is 316 g/mol. The van der Waals surface area contributed by atoms with Gasteiger partial charge in [0.15, 0.2) is 0 Å². The fraction of sp³-hybridized carbons (Fsp3) is 0.294. The van der Waals surface area contributed by atoms with Crippen molar-refractivity contribution in [3.8, 4) is 0 Å². The summed E-state index contributed by atoms with van der Waals surface area (Å²) in [5.74, 6) is 0.468. The number of carbonyl (C=O) groups excluding carboxylic acids is 2. The van der Waals surface area contributed by atoms with Gasteiger partial charge in [0.2, 0.25) is 5.91 Å². The van der Waals surface area contributed by atoms with Gasteiger partial charge in [0.05, 0.1) is 12.3 Å². The molecule has 0 spiro atoms. The first-order valence-corrected chi connectivity index (χ1v) is 7.80. The van der Waals surface area contributed by atoms with Gasteiger partial charge < -0.3 is 15.1 Å². The van der Waals surface area contributed by atoms with Crippen molar-refractivity contribution < 1.29 is 14.0 Å². The van der Waals surface area contributed by atoms with Crippen LogP contribution in [0.3, 0.4) is 0 Å². The molecule has 0 aliphatic rings. The minimum Gasteiger partial charge on any atom is -0.467 e. The van der Waals surface area contributed by atoms with Crippen LogP contribution in [0.5, 0.6) is 0 Å². The molecule has 0 radical (unpaired) electrons. The van der Waals surface area contributed by atoms with E-state index in [9.17, 15) is 9.59 Å². The Hall–Kier alpha value is -2.27. The number of amides is 2. The molecule has 2 amide bonds. The Labute approximate surface area is 140 Å². The van der Waals surface area contributed by atoms with Crippen LogP contribution in [0.2, 0.25) is 5.02 Å². The Morgan fingerprint density at radius 1 is 1.22 bits per heavy atom. The minimum atomic E-state index is -0.175. The second kappa shape index (κ2) is 8.39. The maximum absolute atomic E-state index is 11.9. The van der Waals surface area contributed by atoms with Gasteiger partial charge in [-0.3, -0.25) is 9.59 Å². The summed E-state index contributed by atoms with van der Waals surface area (Å²) in [4.78, 5) is 23.7. The highest BCUT2D eigenvalue weighted by Crippen LogP contribution is 2.12. The third kappa shape index (κ3) is 5.45. The summed E-state index contributed by atoms with van der Waals surface area (Å²) in [5, 5.41) is 6.21. The van der Waals surface area contributed by atoms with Crippen LogP contribution in [0.25, 0.3) is 0 Å². The van der Waals surface area contributed by atoms with E-state index in [2.05, 4.69) is 10.6 Å². The Morgan fingerprint density at radius 2 is 1.96 bits per heavy atom. The largest absolute Gasteiger partial charge is 0.467 e. The van der Waals surface area contributed by atoms with E-state index in [4.69, 9.17) is 16.0 Å². The number of rotatable bonds is 7. The van der Waals surface area contributed by atoms with Crippen molar-refractivity contribution in [3.63, 3.8) is 0 Å². The molecule has 1 atom stereocenters. The van der Waals surface area contributed by atoms with Crippen LogP contribution in [-0.2, 0) is 4.79 Å². The molecule has 0 saturated carbocycles. The van der Waals surface area contributed by atoms with E-state index in [0.717, 1.165) is 5.76 Å². The van der Waals surface area contributed by atoms with Gasteiger partial charge in [0, 0.05) is 23.6 Å². The lowest BCUT2D eigenvalue weighted by Crippen LogP contribution is -2.28. The number of carbonyl (C=O) groups is 2. The van der Waals surface area contributed by atoms with E-state index in [1.54, 1.807) is 36.6 Å². The van der Waals surface area contributed by atoms with Gasteiger partial charge >= 0.3 is 0 Å². The number of hydrogen-bond donors (Lipinski definition) is 2. The van der Waals surface area contributed by atoms with Gasteiger partial charge in [-0.15, -0.1) is 0 Å². The zero-order valence-electron chi connectivity index (χ0n) is 12.8. The van der Waals surface area contributed by atoms with Crippen LogP contribution in [-0.4, -0.2) is 18.4 Å². The number of halogens is 1. The lowest BCUT2D eigenvalue weighted by molar-refractivity contribution is -0.121. The highest BCUT2D eigenvalue weighted by molar-refractivity contribution is 6.30. The Morgan fingerprint density at radius 3 is 2.61 bits per heavy atom. The van der Waals surface area contributed by atoms with Crippen molar-refractivity contribution in [1.82, 2.24) is 10.6 Å². The lowest BCUT2D eigenvalue weighted by atomic mass is 10.2. The molecule has 1 aromatic carbocycles. The molecule has 5 nitrogen and oxygen atoms in total. The Balaban J connectivity index is 1.65. The predicted octanol–water partition coefficient (Wildman–Crippen LogP) is 3.32.